The van der Waals surface area contributed by atoms with Gasteiger partial charge in [-0.15, -0.1) is 11.3 Å². The van der Waals surface area contributed by atoms with E-state index in [2.05, 4.69) is 15.7 Å². The van der Waals surface area contributed by atoms with Crippen molar-refractivity contribution in [3.8, 4) is 0 Å². The quantitative estimate of drug-likeness (QED) is 0.878. The molecule has 0 aliphatic heterocycles. The van der Waals surface area contributed by atoms with Gasteiger partial charge in [0.2, 0.25) is 0 Å². The standard InChI is InChI=1S/C12H20N2OS/c1-9-8-16-12(14-9)7-13-10-4-3-5-11(6-10)15-2/h8,10-11,13H,3-7H2,1-2H3. The summed E-state index contributed by atoms with van der Waals surface area (Å²) in [5.41, 5.74) is 1.13. The first-order valence-corrected chi connectivity index (χ1v) is 6.83. The summed E-state index contributed by atoms with van der Waals surface area (Å²) in [6, 6.07) is 0.600. The summed E-state index contributed by atoms with van der Waals surface area (Å²) in [5, 5.41) is 6.88. The van der Waals surface area contributed by atoms with Crippen LogP contribution in [0.25, 0.3) is 0 Å². The van der Waals surface area contributed by atoms with Crippen LogP contribution in [-0.4, -0.2) is 24.2 Å². The molecule has 1 N–H and O–H groups in total. The molecule has 90 valence electrons. The highest BCUT2D eigenvalue weighted by Crippen LogP contribution is 2.21. The molecule has 2 rings (SSSR count). The maximum Gasteiger partial charge on any atom is 0.107 e. The van der Waals surface area contributed by atoms with Gasteiger partial charge in [-0.25, -0.2) is 4.98 Å². The molecule has 1 aliphatic carbocycles. The highest BCUT2D eigenvalue weighted by Gasteiger charge is 2.21. The lowest BCUT2D eigenvalue weighted by Crippen LogP contribution is -2.36. The van der Waals surface area contributed by atoms with Gasteiger partial charge in [-0.05, 0) is 32.6 Å². The van der Waals surface area contributed by atoms with Crippen molar-refractivity contribution in [1.82, 2.24) is 10.3 Å². The fraction of sp³-hybridized carbons (Fsp3) is 0.750. The third kappa shape index (κ3) is 3.27. The van der Waals surface area contributed by atoms with E-state index in [1.807, 2.05) is 14.0 Å². The van der Waals surface area contributed by atoms with Crippen LogP contribution < -0.4 is 5.32 Å². The van der Waals surface area contributed by atoms with Crippen LogP contribution in [0.5, 0.6) is 0 Å². The zero-order chi connectivity index (χ0) is 11.4. The van der Waals surface area contributed by atoms with Crippen molar-refractivity contribution < 1.29 is 4.74 Å². The summed E-state index contributed by atoms with van der Waals surface area (Å²) < 4.78 is 5.42. The van der Waals surface area contributed by atoms with E-state index in [-0.39, 0.29) is 0 Å². The number of aromatic nitrogens is 1. The van der Waals surface area contributed by atoms with Gasteiger partial charge in [-0.2, -0.15) is 0 Å². The fourth-order valence-electron chi connectivity index (χ4n) is 2.26. The van der Waals surface area contributed by atoms with Gasteiger partial charge in [-0.3, -0.25) is 0 Å². The van der Waals surface area contributed by atoms with E-state index in [1.54, 1.807) is 11.3 Å². The third-order valence-electron chi connectivity index (χ3n) is 3.17. The molecule has 1 heterocycles. The van der Waals surface area contributed by atoms with Crippen LogP contribution in [0.3, 0.4) is 0 Å². The monoisotopic (exact) mass is 240 g/mol. The molecule has 1 aromatic heterocycles. The Kier molecular flexibility index (Phi) is 4.32. The Hall–Kier alpha value is -0.450. The lowest BCUT2D eigenvalue weighted by Gasteiger charge is -2.28. The smallest absolute Gasteiger partial charge is 0.107 e. The molecule has 2 unspecified atom stereocenters. The van der Waals surface area contributed by atoms with E-state index in [9.17, 15) is 0 Å². The molecule has 0 radical (unpaired) electrons. The largest absolute Gasteiger partial charge is 0.381 e. The molecule has 1 aromatic rings. The minimum Gasteiger partial charge on any atom is -0.381 e. The van der Waals surface area contributed by atoms with Gasteiger partial charge in [-0.1, -0.05) is 0 Å². The molecular formula is C12H20N2OS. The Morgan fingerprint density at radius 2 is 2.44 bits per heavy atom. The molecule has 16 heavy (non-hydrogen) atoms. The summed E-state index contributed by atoms with van der Waals surface area (Å²) in [6.07, 6.45) is 5.34. The predicted molar refractivity (Wildman–Crippen MR) is 66.7 cm³/mol. The van der Waals surface area contributed by atoms with Gasteiger partial charge in [0.05, 0.1) is 6.10 Å². The van der Waals surface area contributed by atoms with Crippen LogP contribution in [0.4, 0.5) is 0 Å². The zero-order valence-corrected chi connectivity index (χ0v) is 10.8. The molecule has 0 spiro atoms. The Morgan fingerprint density at radius 1 is 1.56 bits per heavy atom. The second-order valence-electron chi connectivity index (χ2n) is 4.48. The normalized spacial score (nSPS) is 25.9. The summed E-state index contributed by atoms with van der Waals surface area (Å²) in [7, 11) is 1.82. The van der Waals surface area contributed by atoms with Crippen LogP contribution in [-0.2, 0) is 11.3 Å². The van der Waals surface area contributed by atoms with Crippen LogP contribution in [0.2, 0.25) is 0 Å². The van der Waals surface area contributed by atoms with Gasteiger partial charge in [0.25, 0.3) is 0 Å². The van der Waals surface area contributed by atoms with E-state index < -0.39 is 0 Å². The van der Waals surface area contributed by atoms with E-state index >= 15 is 0 Å². The van der Waals surface area contributed by atoms with Crippen molar-refractivity contribution in [3.63, 3.8) is 0 Å². The van der Waals surface area contributed by atoms with Crippen molar-refractivity contribution >= 4 is 11.3 Å². The minimum atomic E-state index is 0.448. The van der Waals surface area contributed by atoms with Crippen molar-refractivity contribution in [3.05, 3.63) is 16.1 Å². The lowest BCUT2D eigenvalue weighted by molar-refractivity contribution is 0.0586. The first-order valence-electron chi connectivity index (χ1n) is 5.95. The SMILES string of the molecule is COC1CCCC(NCc2nc(C)cs2)C1. The van der Waals surface area contributed by atoms with E-state index in [4.69, 9.17) is 4.74 Å². The molecule has 0 saturated heterocycles. The summed E-state index contributed by atoms with van der Waals surface area (Å²) >= 11 is 1.74. The number of nitrogens with one attached hydrogen (secondary N) is 1. The number of aryl methyl sites for hydroxylation is 1. The number of rotatable bonds is 4. The minimum absolute atomic E-state index is 0.448. The van der Waals surface area contributed by atoms with Crippen LogP contribution in [0.1, 0.15) is 36.4 Å². The highest BCUT2D eigenvalue weighted by molar-refractivity contribution is 7.09. The average molecular weight is 240 g/mol. The lowest BCUT2D eigenvalue weighted by atomic mass is 9.93. The Labute approximate surface area is 101 Å². The molecule has 2 atom stereocenters. The number of hydrogen-bond acceptors (Lipinski definition) is 4. The molecular weight excluding hydrogens is 220 g/mol. The van der Waals surface area contributed by atoms with Gasteiger partial charge in [0, 0.05) is 30.8 Å². The topological polar surface area (TPSA) is 34.1 Å². The zero-order valence-electron chi connectivity index (χ0n) is 10.0. The van der Waals surface area contributed by atoms with Gasteiger partial charge in [0.1, 0.15) is 5.01 Å². The highest BCUT2D eigenvalue weighted by atomic mass is 32.1. The molecule has 4 heteroatoms. The number of methoxy groups -OCH3 is 1. The predicted octanol–water partition coefficient (Wildman–Crippen LogP) is 2.50. The van der Waals surface area contributed by atoms with Crippen molar-refractivity contribution in [2.24, 2.45) is 0 Å². The second kappa shape index (κ2) is 5.75. The maximum absolute atomic E-state index is 5.42. The second-order valence-corrected chi connectivity index (χ2v) is 5.43. The van der Waals surface area contributed by atoms with E-state index in [1.165, 1.54) is 24.3 Å². The van der Waals surface area contributed by atoms with Crippen LogP contribution in [0.15, 0.2) is 5.38 Å². The average Bonchev–Trinajstić information content (AvgIpc) is 2.73. The van der Waals surface area contributed by atoms with Crippen molar-refractivity contribution in [1.29, 1.82) is 0 Å². The molecule has 3 nitrogen and oxygen atoms in total. The molecule has 1 fully saturated rings. The molecule has 1 aliphatic rings. The van der Waals surface area contributed by atoms with E-state index in [0.717, 1.165) is 18.7 Å². The molecule has 0 bridgehead atoms. The van der Waals surface area contributed by atoms with Crippen LogP contribution in [0, 0.1) is 6.92 Å². The fourth-order valence-corrected chi connectivity index (χ4v) is 2.98. The third-order valence-corrected chi connectivity index (χ3v) is 4.13. The summed E-state index contributed by atoms with van der Waals surface area (Å²) in [6.45, 7) is 2.95. The Bertz CT molecular complexity index is 327. The molecule has 0 aromatic carbocycles. The van der Waals surface area contributed by atoms with Gasteiger partial charge < -0.3 is 10.1 Å². The summed E-state index contributed by atoms with van der Waals surface area (Å²) in [4.78, 5) is 4.46. The van der Waals surface area contributed by atoms with Crippen LogP contribution >= 0.6 is 11.3 Å². The summed E-state index contributed by atoms with van der Waals surface area (Å²) in [5.74, 6) is 0. The van der Waals surface area contributed by atoms with Crippen molar-refractivity contribution in [2.75, 3.05) is 7.11 Å². The number of ether oxygens (including phenoxy) is 1. The molecule has 1 saturated carbocycles. The number of hydrogen-bond donors (Lipinski definition) is 1. The van der Waals surface area contributed by atoms with Crippen molar-refractivity contribution in [2.45, 2.75) is 51.3 Å². The van der Waals surface area contributed by atoms with Gasteiger partial charge in [0.15, 0.2) is 0 Å². The maximum atomic E-state index is 5.42. The number of nitrogens with zero attached hydrogens (tertiary/aromatic N) is 1. The Balaban J connectivity index is 1.77. The molecule has 0 amide bonds. The van der Waals surface area contributed by atoms with E-state index in [0.29, 0.717) is 12.1 Å². The first kappa shape index (κ1) is 12.0. The first-order chi connectivity index (χ1) is 7.78. The number of thiazole rings is 1. The Morgan fingerprint density at radius 3 is 3.12 bits per heavy atom. The van der Waals surface area contributed by atoms with Gasteiger partial charge >= 0.3 is 0 Å².